The average Bonchev–Trinajstić information content (AvgIpc) is 2.38. The first kappa shape index (κ1) is 15.5. The fraction of sp³-hybridized carbons (Fsp3) is 0.647. The zero-order valence-corrected chi connectivity index (χ0v) is 12.9. The third-order valence-electron chi connectivity index (χ3n) is 4.00. The average molecular weight is 278 g/mol. The Labute approximate surface area is 121 Å². The summed E-state index contributed by atoms with van der Waals surface area (Å²) in [5.41, 5.74) is 2.45. The Morgan fingerprint density at radius 2 is 2.05 bits per heavy atom. The number of hydrogen-bond donors (Lipinski definition) is 1. The lowest BCUT2D eigenvalue weighted by Crippen LogP contribution is -2.40. The van der Waals surface area contributed by atoms with Gasteiger partial charge >= 0.3 is 0 Å². The third-order valence-corrected chi connectivity index (χ3v) is 4.00. The van der Waals surface area contributed by atoms with Gasteiger partial charge in [-0.1, -0.05) is 45.0 Å². The van der Waals surface area contributed by atoms with E-state index in [2.05, 4.69) is 39.0 Å². The van der Waals surface area contributed by atoms with Gasteiger partial charge in [-0.25, -0.2) is 0 Å². The van der Waals surface area contributed by atoms with E-state index in [0.29, 0.717) is 6.42 Å². The van der Waals surface area contributed by atoms with E-state index in [1.54, 1.807) is 7.11 Å². The van der Waals surface area contributed by atoms with Crippen LogP contribution in [0.3, 0.4) is 0 Å². The molecule has 1 aliphatic rings. The van der Waals surface area contributed by atoms with Crippen molar-refractivity contribution in [2.45, 2.75) is 51.9 Å². The number of ether oxygens (including phenoxy) is 2. The van der Waals surface area contributed by atoms with Crippen molar-refractivity contribution in [3.63, 3.8) is 0 Å². The molecule has 0 amide bonds. The summed E-state index contributed by atoms with van der Waals surface area (Å²) in [7, 11) is 1.66. The van der Waals surface area contributed by atoms with Gasteiger partial charge in [0.25, 0.3) is 0 Å². The highest BCUT2D eigenvalue weighted by Gasteiger charge is 2.34. The number of aliphatic hydroxyl groups is 1. The summed E-state index contributed by atoms with van der Waals surface area (Å²) in [6.07, 6.45) is 0.772. The standard InChI is InChI=1S/C17H26O3/c1-17(2,3)16(19-4)14(18)11-15-13-8-6-5-7-12(13)9-10-20-15/h5-8,14-16,18H,9-11H2,1-4H3. The van der Waals surface area contributed by atoms with Crippen molar-refractivity contribution < 1.29 is 14.6 Å². The molecule has 1 heterocycles. The van der Waals surface area contributed by atoms with Crippen molar-refractivity contribution >= 4 is 0 Å². The van der Waals surface area contributed by atoms with E-state index >= 15 is 0 Å². The Kier molecular flexibility index (Phi) is 4.84. The Hall–Kier alpha value is -0.900. The second-order valence-electron chi connectivity index (χ2n) is 6.63. The Morgan fingerprint density at radius 1 is 1.35 bits per heavy atom. The summed E-state index contributed by atoms with van der Waals surface area (Å²) < 4.78 is 11.4. The minimum atomic E-state index is -0.531. The Morgan fingerprint density at radius 3 is 2.70 bits per heavy atom. The zero-order chi connectivity index (χ0) is 14.8. The lowest BCUT2D eigenvalue weighted by molar-refractivity contribution is -0.0943. The quantitative estimate of drug-likeness (QED) is 0.919. The maximum Gasteiger partial charge on any atom is 0.0879 e. The first-order valence-corrected chi connectivity index (χ1v) is 7.33. The van der Waals surface area contributed by atoms with Gasteiger partial charge < -0.3 is 14.6 Å². The van der Waals surface area contributed by atoms with Crippen LogP contribution in [0.25, 0.3) is 0 Å². The minimum Gasteiger partial charge on any atom is -0.390 e. The zero-order valence-electron chi connectivity index (χ0n) is 12.9. The van der Waals surface area contributed by atoms with Crippen LogP contribution in [0.4, 0.5) is 0 Å². The number of aliphatic hydroxyl groups excluding tert-OH is 1. The predicted octanol–water partition coefficient (Wildman–Crippen LogP) is 3.11. The molecule has 0 spiro atoms. The first-order chi connectivity index (χ1) is 9.43. The maximum atomic E-state index is 10.5. The van der Waals surface area contributed by atoms with E-state index < -0.39 is 6.10 Å². The molecule has 0 saturated carbocycles. The molecule has 0 radical (unpaired) electrons. The van der Waals surface area contributed by atoms with Crippen LogP contribution in [-0.4, -0.2) is 31.0 Å². The second-order valence-corrected chi connectivity index (χ2v) is 6.63. The van der Waals surface area contributed by atoms with E-state index in [1.807, 2.05) is 6.07 Å². The third kappa shape index (κ3) is 3.40. The summed E-state index contributed by atoms with van der Waals surface area (Å²) in [5.74, 6) is 0. The van der Waals surface area contributed by atoms with Crippen molar-refractivity contribution in [1.29, 1.82) is 0 Å². The van der Waals surface area contributed by atoms with E-state index in [9.17, 15) is 5.11 Å². The molecule has 1 N–H and O–H groups in total. The van der Waals surface area contributed by atoms with Gasteiger partial charge in [0.05, 0.1) is 24.9 Å². The highest BCUT2D eigenvalue weighted by Crippen LogP contribution is 2.34. The van der Waals surface area contributed by atoms with Gasteiger partial charge in [-0.3, -0.25) is 0 Å². The first-order valence-electron chi connectivity index (χ1n) is 7.33. The van der Waals surface area contributed by atoms with Gasteiger partial charge in [0.15, 0.2) is 0 Å². The van der Waals surface area contributed by atoms with E-state index in [0.717, 1.165) is 13.0 Å². The van der Waals surface area contributed by atoms with E-state index in [1.165, 1.54) is 11.1 Å². The SMILES string of the molecule is COC(C(O)CC1OCCc2ccccc21)C(C)(C)C. The lowest BCUT2D eigenvalue weighted by Gasteiger charge is -2.36. The molecule has 3 nitrogen and oxygen atoms in total. The van der Waals surface area contributed by atoms with Crippen LogP contribution in [0.1, 0.15) is 44.4 Å². The maximum absolute atomic E-state index is 10.5. The van der Waals surface area contributed by atoms with Crippen LogP contribution in [0.15, 0.2) is 24.3 Å². The molecule has 3 atom stereocenters. The Bertz CT molecular complexity index is 436. The van der Waals surface area contributed by atoms with Gasteiger partial charge in [0, 0.05) is 13.5 Å². The molecule has 0 aromatic heterocycles. The molecule has 0 aliphatic carbocycles. The molecule has 112 valence electrons. The van der Waals surface area contributed by atoms with Crippen molar-refractivity contribution in [2.24, 2.45) is 5.41 Å². The number of fused-ring (bicyclic) bond motifs is 1. The van der Waals surface area contributed by atoms with Gasteiger partial charge in [-0.05, 0) is 23.0 Å². The highest BCUT2D eigenvalue weighted by atomic mass is 16.5. The summed E-state index contributed by atoms with van der Waals surface area (Å²) in [6, 6.07) is 8.34. The molecule has 0 fully saturated rings. The fourth-order valence-electron chi connectivity index (χ4n) is 3.10. The molecular weight excluding hydrogens is 252 g/mol. The van der Waals surface area contributed by atoms with Crippen molar-refractivity contribution in [1.82, 2.24) is 0 Å². The van der Waals surface area contributed by atoms with Crippen LogP contribution in [-0.2, 0) is 15.9 Å². The van der Waals surface area contributed by atoms with Gasteiger partial charge in [0.2, 0.25) is 0 Å². The molecule has 0 bridgehead atoms. The van der Waals surface area contributed by atoms with Crippen molar-refractivity contribution in [3.8, 4) is 0 Å². The van der Waals surface area contributed by atoms with Crippen molar-refractivity contribution in [2.75, 3.05) is 13.7 Å². The number of benzene rings is 1. The van der Waals surface area contributed by atoms with E-state index in [-0.39, 0.29) is 17.6 Å². The van der Waals surface area contributed by atoms with E-state index in [4.69, 9.17) is 9.47 Å². The predicted molar refractivity (Wildman–Crippen MR) is 79.7 cm³/mol. The van der Waals surface area contributed by atoms with Gasteiger partial charge in [-0.15, -0.1) is 0 Å². The summed E-state index contributed by atoms with van der Waals surface area (Å²) in [6.45, 7) is 6.97. The molecule has 0 saturated heterocycles. The summed E-state index contributed by atoms with van der Waals surface area (Å²) in [4.78, 5) is 0. The molecule has 1 aliphatic heterocycles. The normalized spacial score (nSPS) is 22.1. The smallest absolute Gasteiger partial charge is 0.0879 e. The van der Waals surface area contributed by atoms with Crippen LogP contribution in [0, 0.1) is 5.41 Å². The van der Waals surface area contributed by atoms with Crippen LogP contribution >= 0.6 is 0 Å². The van der Waals surface area contributed by atoms with Crippen LogP contribution in [0.5, 0.6) is 0 Å². The molecule has 3 unspecified atom stereocenters. The molecule has 1 aromatic carbocycles. The summed E-state index contributed by atoms with van der Waals surface area (Å²) >= 11 is 0. The second kappa shape index (κ2) is 6.25. The van der Waals surface area contributed by atoms with Gasteiger partial charge in [-0.2, -0.15) is 0 Å². The minimum absolute atomic E-state index is 0.0325. The number of rotatable bonds is 4. The summed E-state index contributed by atoms with van der Waals surface area (Å²) in [5, 5.41) is 10.5. The van der Waals surface area contributed by atoms with Crippen LogP contribution < -0.4 is 0 Å². The Balaban J connectivity index is 2.11. The van der Waals surface area contributed by atoms with Crippen molar-refractivity contribution in [3.05, 3.63) is 35.4 Å². The number of hydrogen-bond acceptors (Lipinski definition) is 3. The monoisotopic (exact) mass is 278 g/mol. The van der Waals surface area contributed by atoms with Gasteiger partial charge in [0.1, 0.15) is 0 Å². The molecule has 1 aromatic rings. The fourth-order valence-corrected chi connectivity index (χ4v) is 3.10. The molecule has 2 rings (SSSR count). The van der Waals surface area contributed by atoms with Crippen LogP contribution in [0.2, 0.25) is 0 Å². The number of methoxy groups -OCH3 is 1. The molecular formula is C17H26O3. The molecule has 3 heteroatoms. The lowest BCUT2D eigenvalue weighted by atomic mass is 9.82. The highest BCUT2D eigenvalue weighted by molar-refractivity contribution is 5.31. The molecule has 20 heavy (non-hydrogen) atoms. The largest absolute Gasteiger partial charge is 0.390 e. The topological polar surface area (TPSA) is 38.7 Å².